The number of primary amides is 1. The van der Waals surface area contributed by atoms with E-state index in [-0.39, 0.29) is 11.9 Å². The van der Waals surface area contributed by atoms with Crippen LogP contribution >= 0.6 is 0 Å². The minimum Gasteiger partial charge on any atom is -0.370 e. The van der Waals surface area contributed by atoms with Crippen molar-refractivity contribution in [1.82, 2.24) is 5.32 Å². The predicted octanol–water partition coefficient (Wildman–Crippen LogP) is 2.77. The molecule has 0 aliphatic rings. The molecule has 1 atom stereocenters. The molecule has 2 aromatic rings. The first-order chi connectivity index (χ1) is 11.4. The van der Waals surface area contributed by atoms with Crippen LogP contribution in [0.2, 0.25) is 0 Å². The molecule has 0 radical (unpaired) electrons. The van der Waals surface area contributed by atoms with E-state index in [4.69, 9.17) is 5.73 Å². The van der Waals surface area contributed by atoms with Crippen LogP contribution in [-0.2, 0) is 4.79 Å². The van der Waals surface area contributed by atoms with Gasteiger partial charge in [0.05, 0.1) is 0 Å². The van der Waals surface area contributed by atoms with E-state index >= 15 is 0 Å². The summed E-state index contributed by atoms with van der Waals surface area (Å²) < 4.78 is 0. The average Bonchev–Trinajstić information content (AvgIpc) is 2.52. The summed E-state index contributed by atoms with van der Waals surface area (Å²) in [6.07, 6.45) is 0. The second-order valence-electron chi connectivity index (χ2n) is 6.05. The molecule has 0 aliphatic heterocycles. The van der Waals surface area contributed by atoms with Crippen LogP contribution in [0.5, 0.6) is 0 Å². The van der Waals surface area contributed by atoms with Crippen LogP contribution < -0.4 is 16.4 Å². The van der Waals surface area contributed by atoms with Crippen LogP contribution in [0.15, 0.2) is 48.5 Å². The minimum absolute atomic E-state index is 0.0759. The molecule has 0 saturated carbocycles. The highest BCUT2D eigenvalue weighted by atomic mass is 16.2. The molecule has 24 heavy (non-hydrogen) atoms. The summed E-state index contributed by atoms with van der Waals surface area (Å²) in [7, 11) is 0. The third kappa shape index (κ3) is 4.35. The number of benzene rings is 2. The van der Waals surface area contributed by atoms with E-state index in [1.807, 2.05) is 57.2 Å². The molecule has 5 nitrogen and oxygen atoms in total. The zero-order chi connectivity index (χ0) is 17.7. The van der Waals surface area contributed by atoms with E-state index in [0.717, 1.165) is 16.8 Å². The molecule has 0 saturated heterocycles. The summed E-state index contributed by atoms with van der Waals surface area (Å²) >= 11 is 0. The fourth-order valence-electron chi connectivity index (χ4n) is 2.48. The molecular weight excluding hydrogens is 302 g/mol. The van der Waals surface area contributed by atoms with Gasteiger partial charge in [0.25, 0.3) is 5.91 Å². The van der Waals surface area contributed by atoms with Gasteiger partial charge in [-0.25, -0.2) is 0 Å². The van der Waals surface area contributed by atoms with Crippen molar-refractivity contribution in [1.29, 1.82) is 0 Å². The Labute approximate surface area is 142 Å². The van der Waals surface area contributed by atoms with Crippen molar-refractivity contribution in [2.24, 2.45) is 5.73 Å². The molecule has 2 amide bonds. The fourth-order valence-corrected chi connectivity index (χ4v) is 2.48. The van der Waals surface area contributed by atoms with Gasteiger partial charge in [0.2, 0.25) is 5.91 Å². The van der Waals surface area contributed by atoms with E-state index in [1.54, 1.807) is 12.1 Å². The van der Waals surface area contributed by atoms with Gasteiger partial charge in [0, 0.05) is 17.3 Å². The third-order valence-corrected chi connectivity index (χ3v) is 3.62. The summed E-state index contributed by atoms with van der Waals surface area (Å²) in [5.74, 6) is -0.566. The van der Waals surface area contributed by atoms with Crippen LogP contribution in [0.25, 0.3) is 0 Å². The van der Waals surface area contributed by atoms with E-state index in [1.165, 1.54) is 0 Å². The molecule has 0 aromatic heterocycles. The monoisotopic (exact) mass is 325 g/mol. The van der Waals surface area contributed by atoms with Gasteiger partial charge in [0.1, 0.15) is 6.04 Å². The maximum absolute atomic E-state index is 12.1. The zero-order valence-corrected chi connectivity index (χ0v) is 14.2. The van der Waals surface area contributed by atoms with E-state index < -0.39 is 11.9 Å². The highest BCUT2D eigenvalue weighted by molar-refractivity contribution is 5.96. The molecule has 0 unspecified atom stereocenters. The molecule has 0 spiro atoms. The third-order valence-electron chi connectivity index (χ3n) is 3.62. The summed E-state index contributed by atoms with van der Waals surface area (Å²) in [5, 5.41) is 6.01. The van der Waals surface area contributed by atoms with Crippen LogP contribution in [0.4, 0.5) is 5.69 Å². The van der Waals surface area contributed by atoms with Gasteiger partial charge in [-0.15, -0.1) is 0 Å². The topological polar surface area (TPSA) is 84.2 Å². The van der Waals surface area contributed by atoms with Gasteiger partial charge in [0.15, 0.2) is 0 Å². The number of carbonyl (C=O) groups is 2. The lowest BCUT2D eigenvalue weighted by Gasteiger charge is -2.18. The molecule has 2 rings (SSSR count). The number of hydrogen-bond donors (Lipinski definition) is 3. The number of carbonyl (C=O) groups excluding carboxylic acids is 2. The molecule has 2 aromatic carbocycles. The standard InChI is InChI=1S/C19H23N3O2/c1-12(2)21-19(24)16-10-9-15(11-13(16)3)22-17(18(20)23)14-7-5-4-6-8-14/h4-12,17,22H,1-3H3,(H2,20,23)(H,21,24)/t17-/m0/s1. The van der Waals surface area contributed by atoms with Crippen molar-refractivity contribution in [3.8, 4) is 0 Å². The lowest BCUT2D eigenvalue weighted by molar-refractivity contribution is -0.118. The Balaban J connectivity index is 2.22. The Morgan fingerprint density at radius 3 is 2.25 bits per heavy atom. The lowest BCUT2D eigenvalue weighted by Crippen LogP contribution is -2.30. The number of amides is 2. The first kappa shape index (κ1) is 17.5. The molecule has 0 fully saturated rings. The number of nitrogens with two attached hydrogens (primary N) is 1. The zero-order valence-electron chi connectivity index (χ0n) is 14.2. The number of nitrogens with one attached hydrogen (secondary N) is 2. The van der Waals surface area contributed by atoms with Crippen molar-refractivity contribution in [2.75, 3.05) is 5.32 Å². The largest absolute Gasteiger partial charge is 0.370 e. The van der Waals surface area contributed by atoms with Gasteiger partial charge in [-0.3, -0.25) is 9.59 Å². The highest BCUT2D eigenvalue weighted by Crippen LogP contribution is 2.22. The Kier molecular flexibility index (Phi) is 5.58. The summed E-state index contributed by atoms with van der Waals surface area (Å²) in [6.45, 7) is 5.70. The fraction of sp³-hybridized carbons (Fsp3) is 0.263. The maximum Gasteiger partial charge on any atom is 0.251 e. The van der Waals surface area contributed by atoms with Crippen molar-refractivity contribution < 1.29 is 9.59 Å². The summed E-state index contributed by atoms with van der Waals surface area (Å²) in [5.41, 5.74) is 8.50. The van der Waals surface area contributed by atoms with Gasteiger partial charge in [-0.1, -0.05) is 30.3 Å². The molecule has 0 bridgehead atoms. The Morgan fingerprint density at radius 2 is 1.71 bits per heavy atom. The van der Waals surface area contributed by atoms with Crippen LogP contribution in [0.1, 0.15) is 41.4 Å². The molecule has 4 N–H and O–H groups in total. The van der Waals surface area contributed by atoms with Gasteiger partial charge in [-0.05, 0) is 50.1 Å². The SMILES string of the molecule is Cc1cc(N[C@H](C(N)=O)c2ccccc2)ccc1C(=O)NC(C)C. The Morgan fingerprint density at radius 1 is 1.04 bits per heavy atom. The summed E-state index contributed by atoms with van der Waals surface area (Å²) in [4.78, 5) is 23.9. The van der Waals surface area contributed by atoms with E-state index in [2.05, 4.69) is 10.6 Å². The van der Waals surface area contributed by atoms with Crippen molar-refractivity contribution in [2.45, 2.75) is 32.9 Å². The number of rotatable bonds is 6. The van der Waals surface area contributed by atoms with Crippen molar-refractivity contribution in [3.05, 3.63) is 65.2 Å². The second kappa shape index (κ2) is 7.64. The van der Waals surface area contributed by atoms with Crippen LogP contribution in [0, 0.1) is 6.92 Å². The van der Waals surface area contributed by atoms with Crippen molar-refractivity contribution in [3.63, 3.8) is 0 Å². The van der Waals surface area contributed by atoms with Crippen LogP contribution in [0.3, 0.4) is 0 Å². The van der Waals surface area contributed by atoms with Gasteiger partial charge in [-0.2, -0.15) is 0 Å². The van der Waals surface area contributed by atoms with Crippen molar-refractivity contribution >= 4 is 17.5 Å². The quantitative estimate of drug-likeness (QED) is 0.763. The van der Waals surface area contributed by atoms with E-state index in [0.29, 0.717) is 5.56 Å². The van der Waals surface area contributed by atoms with Crippen LogP contribution in [-0.4, -0.2) is 17.9 Å². The summed E-state index contributed by atoms with van der Waals surface area (Å²) in [6, 6.07) is 14.1. The van der Waals surface area contributed by atoms with Gasteiger partial charge < -0.3 is 16.4 Å². The first-order valence-corrected chi connectivity index (χ1v) is 7.91. The normalized spacial score (nSPS) is 11.8. The molecular formula is C19H23N3O2. The number of aryl methyl sites for hydroxylation is 1. The average molecular weight is 325 g/mol. The number of hydrogen-bond acceptors (Lipinski definition) is 3. The van der Waals surface area contributed by atoms with Gasteiger partial charge >= 0.3 is 0 Å². The maximum atomic E-state index is 12.1. The van der Waals surface area contributed by atoms with E-state index in [9.17, 15) is 9.59 Å². The highest BCUT2D eigenvalue weighted by Gasteiger charge is 2.18. The first-order valence-electron chi connectivity index (χ1n) is 7.91. The smallest absolute Gasteiger partial charge is 0.251 e. The minimum atomic E-state index is -0.624. The second-order valence-corrected chi connectivity index (χ2v) is 6.05. The molecule has 126 valence electrons. The molecule has 0 heterocycles. The lowest BCUT2D eigenvalue weighted by atomic mass is 10.0. The Hall–Kier alpha value is -2.82. The number of anilines is 1. The molecule has 5 heteroatoms. The Bertz CT molecular complexity index is 727. The predicted molar refractivity (Wildman–Crippen MR) is 95.8 cm³/mol. The molecule has 0 aliphatic carbocycles.